The highest BCUT2D eigenvalue weighted by Gasteiger charge is 2.25. The molecule has 0 radical (unpaired) electrons. The Bertz CT molecular complexity index is 455. The quantitative estimate of drug-likeness (QED) is 0.816. The monoisotopic (exact) mass is 379 g/mol. The van der Waals surface area contributed by atoms with E-state index >= 15 is 0 Å². The van der Waals surface area contributed by atoms with Crippen LogP contribution in [0.3, 0.4) is 0 Å². The van der Waals surface area contributed by atoms with Crippen molar-refractivity contribution in [3.8, 4) is 0 Å². The molecular formula is C13H15FINOS. The van der Waals surface area contributed by atoms with Crippen LogP contribution in [0.1, 0.15) is 29.6 Å². The standard InChI is InChI=1S/C13H15FINOS/c1-18-10-4-3-9(7-10)16-13(17)11-5-2-8(14)6-12(11)15/h2,5-6,9-10H,3-4,7H2,1H3,(H,16,17). The van der Waals surface area contributed by atoms with Gasteiger partial charge in [0.2, 0.25) is 0 Å². The summed E-state index contributed by atoms with van der Waals surface area (Å²) in [5, 5.41) is 3.70. The third-order valence-corrected chi connectivity index (χ3v) is 5.22. The molecule has 0 aromatic heterocycles. The largest absolute Gasteiger partial charge is 0.349 e. The fraction of sp³-hybridized carbons (Fsp3) is 0.462. The molecule has 1 N–H and O–H groups in total. The van der Waals surface area contributed by atoms with Gasteiger partial charge in [-0.25, -0.2) is 4.39 Å². The zero-order valence-electron chi connectivity index (χ0n) is 10.1. The van der Waals surface area contributed by atoms with Gasteiger partial charge in [-0.1, -0.05) is 0 Å². The number of amides is 1. The molecule has 2 rings (SSSR count). The van der Waals surface area contributed by atoms with Gasteiger partial charge in [0.05, 0.1) is 5.56 Å². The van der Waals surface area contributed by atoms with Gasteiger partial charge in [-0.3, -0.25) is 4.79 Å². The molecule has 98 valence electrons. The van der Waals surface area contributed by atoms with Gasteiger partial charge in [-0.2, -0.15) is 11.8 Å². The SMILES string of the molecule is CSC1CCC(NC(=O)c2ccc(F)cc2I)C1. The average Bonchev–Trinajstić information content (AvgIpc) is 2.76. The Balaban J connectivity index is 2.00. The van der Waals surface area contributed by atoms with Crippen LogP contribution in [0.25, 0.3) is 0 Å². The van der Waals surface area contributed by atoms with Crippen LogP contribution in [0, 0.1) is 9.39 Å². The lowest BCUT2D eigenvalue weighted by atomic mass is 10.2. The van der Waals surface area contributed by atoms with Gasteiger partial charge in [0.25, 0.3) is 5.91 Å². The number of rotatable bonds is 3. The van der Waals surface area contributed by atoms with E-state index in [2.05, 4.69) is 11.6 Å². The molecule has 0 aliphatic heterocycles. The number of halogens is 2. The number of nitrogens with one attached hydrogen (secondary N) is 1. The molecule has 2 nitrogen and oxygen atoms in total. The van der Waals surface area contributed by atoms with Crippen molar-refractivity contribution in [1.29, 1.82) is 0 Å². The van der Waals surface area contributed by atoms with E-state index in [9.17, 15) is 9.18 Å². The van der Waals surface area contributed by atoms with E-state index in [4.69, 9.17) is 0 Å². The van der Waals surface area contributed by atoms with Crippen molar-refractivity contribution in [2.24, 2.45) is 0 Å². The van der Waals surface area contributed by atoms with Gasteiger partial charge in [-0.15, -0.1) is 0 Å². The van der Waals surface area contributed by atoms with Crippen LogP contribution in [0.5, 0.6) is 0 Å². The van der Waals surface area contributed by atoms with Crippen molar-refractivity contribution in [3.63, 3.8) is 0 Å². The van der Waals surface area contributed by atoms with Crippen molar-refractivity contribution >= 4 is 40.3 Å². The first-order valence-corrected chi connectivity index (χ1v) is 8.25. The van der Waals surface area contributed by atoms with Crippen LogP contribution in [0.2, 0.25) is 0 Å². The third-order valence-electron chi connectivity index (χ3n) is 3.23. The molecule has 1 amide bonds. The number of benzene rings is 1. The predicted molar refractivity (Wildman–Crippen MR) is 81.5 cm³/mol. The molecule has 1 aromatic rings. The number of thioether (sulfide) groups is 1. The first-order valence-electron chi connectivity index (χ1n) is 5.89. The minimum Gasteiger partial charge on any atom is -0.349 e. The molecule has 1 aromatic carbocycles. The fourth-order valence-corrected chi connectivity index (χ4v) is 3.74. The maximum atomic E-state index is 13.0. The van der Waals surface area contributed by atoms with Crippen LogP contribution in [0.4, 0.5) is 4.39 Å². The Morgan fingerprint density at radius 3 is 2.89 bits per heavy atom. The lowest BCUT2D eigenvalue weighted by molar-refractivity contribution is 0.0937. The summed E-state index contributed by atoms with van der Waals surface area (Å²) >= 11 is 3.86. The van der Waals surface area contributed by atoms with Gasteiger partial charge in [-0.05, 0) is 66.3 Å². The summed E-state index contributed by atoms with van der Waals surface area (Å²) in [4.78, 5) is 12.1. The Morgan fingerprint density at radius 1 is 1.50 bits per heavy atom. The summed E-state index contributed by atoms with van der Waals surface area (Å²) in [6.07, 6.45) is 5.34. The second-order valence-electron chi connectivity index (χ2n) is 4.47. The maximum Gasteiger partial charge on any atom is 0.252 e. The molecule has 5 heteroatoms. The zero-order chi connectivity index (χ0) is 13.1. The molecule has 0 saturated heterocycles. The number of carbonyl (C=O) groups excluding carboxylic acids is 1. The normalized spacial score (nSPS) is 23.1. The summed E-state index contributed by atoms with van der Waals surface area (Å²) in [7, 11) is 0. The topological polar surface area (TPSA) is 29.1 Å². The van der Waals surface area contributed by atoms with E-state index in [1.165, 1.54) is 12.1 Å². The Hall–Kier alpha value is -0.300. The molecule has 18 heavy (non-hydrogen) atoms. The van der Waals surface area contributed by atoms with Gasteiger partial charge in [0.15, 0.2) is 0 Å². The zero-order valence-corrected chi connectivity index (χ0v) is 13.1. The average molecular weight is 379 g/mol. The van der Waals surface area contributed by atoms with Gasteiger partial charge in [0.1, 0.15) is 5.82 Å². The van der Waals surface area contributed by atoms with Crippen LogP contribution in [-0.2, 0) is 0 Å². The summed E-state index contributed by atoms with van der Waals surface area (Å²) in [5.41, 5.74) is 0.560. The van der Waals surface area contributed by atoms with E-state index in [0.717, 1.165) is 19.3 Å². The minimum atomic E-state index is -0.306. The molecule has 0 bridgehead atoms. The molecule has 1 fully saturated rings. The molecule has 2 atom stereocenters. The lowest BCUT2D eigenvalue weighted by Crippen LogP contribution is -2.33. The van der Waals surface area contributed by atoms with Crippen molar-refractivity contribution in [2.45, 2.75) is 30.6 Å². The molecular weight excluding hydrogens is 364 g/mol. The molecule has 1 aliphatic carbocycles. The number of hydrogen-bond acceptors (Lipinski definition) is 2. The number of hydrogen-bond donors (Lipinski definition) is 1. The summed E-state index contributed by atoms with van der Waals surface area (Å²) in [6.45, 7) is 0. The van der Waals surface area contributed by atoms with Crippen molar-refractivity contribution < 1.29 is 9.18 Å². The predicted octanol–water partition coefficient (Wildman–Crippen LogP) is 3.44. The van der Waals surface area contributed by atoms with Crippen LogP contribution < -0.4 is 5.32 Å². The molecule has 0 spiro atoms. The van der Waals surface area contributed by atoms with E-state index < -0.39 is 0 Å². The van der Waals surface area contributed by atoms with E-state index in [0.29, 0.717) is 14.4 Å². The highest BCUT2D eigenvalue weighted by molar-refractivity contribution is 14.1. The smallest absolute Gasteiger partial charge is 0.252 e. The molecule has 2 unspecified atom stereocenters. The van der Waals surface area contributed by atoms with Crippen LogP contribution >= 0.6 is 34.4 Å². The second kappa shape index (κ2) is 6.23. The molecule has 1 aliphatic rings. The highest BCUT2D eigenvalue weighted by Crippen LogP contribution is 2.28. The van der Waals surface area contributed by atoms with Gasteiger partial charge < -0.3 is 5.32 Å². The Morgan fingerprint density at radius 2 is 2.28 bits per heavy atom. The van der Waals surface area contributed by atoms with E-state index in [1.807, 2.05) is 34.4 Å². The summed E-state index contributed by atoms with van der Waals surface area (Å²) in [5.74, 6) is -0.398. The first kappa shape index (κ1) is 14.1. The summed E-state index contributed by atoms with van der Waals surface area (Å²) < 4.78 is 13.6. The van der Waals surface area contributed by atoms with Crippen molar-refractivity contribution in [1.82, 2.24) is 5.32 Å². The Labute approximate surface area is 124 Å². The first-order chi connectivity index (χ1) is 8.60. The van der Waals surface area contributed by atoms with Crippen molar-refractivity contribution in [3.05, 3.63) is 33.1 Å². The van der Waals surface area contributed by atoms with Gasteiger partial charge in [0, 0.05) is 14.9 Å². The van der Waals surface area contributed by atoms with Crippen LogP contribution in [-0.4, -0.2) is 23.5 Å². The van der Waals surface area contributed by atoms with E-state index in [1.54, 1.807) is 6.07 Å². The fourth-order valence-electron chi connectivity index (χ4n) is 2.22. The van der Waals surface area contributed by atoms with Gasteiger partial charge >= 0.3 is 0 Å². The maximum absolute atomic E-state index is 13.0. The summed E-state index contributed by atoms with van der Waals surface area (Å²) in [6, 6.07) is 4.52. The third kappa shape index (κ3) is 3.38. The van der Waals surface area contributed by atoms with Crippen molar-refractivity contribution in [2.75, 3.05) is 6.26 Å². The van der Waals surface area contributed by atoms with E-state index in [-0.39, 0.29) is 17.8 Å². The molecule has 0 heterocycles. The van der Waals surface area contributed by atoms with Crippen LogP contribution in [0.15, 0.2) is 18.2 Å². The minimum absolute atomic E-state index is 0.0915. The molecule has 1 saturated carbocycles. The highest BCUT2D eigenvalue weighted by atomic mass is 127. The lowest BCUT2D eigenvalue weighted by Gasteiger charge is -2.13. The second-order valence-corrected chi connectivity index (χ2v) is 6.77. The number of carbonyl (C=O) groups is 1. The Kier molecular flexibility index (Phi) is 4.89.